The van der Waals surface area contributed by atoms with Gasteiger partial charge in [0.2, 0.25) is 0 Å². The first kappa shape index (κ1) is 15.5. The molecule has 110 valence electrons. The lowest BCUT2D eigenvalue weighted by Crippen LogP contribution is -2.07. The van der Waals surface area contributed by atoms with Gasteiger partial charge in [0.1, 0.15) is 11.5 Å². The maximum atomic E-state index is 11.0. The Kier molecular flexibility index (Phi) is 4.60. The molecule has 6 heteroatoms. The number of benzene rings is 2. The van der Waals surface area contributed by atoms with Gasteiger partial charge < -0.3 is 15.6 Å². The van der Waals surface area contributed by atoms with Crippen LogP contribution in [0.15, 0.2) is 36.4 Å². The van der Waals surface area contributed by atoms with E-state index in [1.54, 1.807) is 43.3 Å². The minimum Gasteiger partial charge on any atom is -0.481 e. The average Bonchev–Trinajstić information content (AvgIpc) is 2.42. The van der Waals surface area contributed by atoms with Gasteiger partial charge in [0, 0.05) is 5.02 Å². The third-order valence-electron chi connectivity index (χ3n) is 3.02. The lowest BCUT2D eigenvalue weighted by atomic mass is 10.0. The number of hydrogen-bond acceptors (Lipinski definition) is 3. The van der Waals surface area contributed by atoms with Gasteiger partial charge in [-0.15, -0.1) is 0 Å². The summed E-state index contributed by atoms with van der Waals surface area (Å²) in [7, 11) is 0. The van der Waals surface area contributed by atoms with Crippen LogP contribution in [-0.2, 0) is 4.79 Å². The molecule has 1 unspecified atom stereocenters. The number of ether oxygens (including phenoxy) is 1. The number of aliphatic carboxylic acids is 1. The number of halogens is 2. The van der Waals surface area contributed by atoms with Gasteiger partial charge in [0.15, 0.2) is 0 Å². The highest BCUT2D eigenvalue weighted by molar-refractivity contribution is 6.35. The molecule has 0 aliphatic carbocycles. The van der Waals surface area contributed by atoms with Crippen molar-refractivity contribution in [3.63, 3.8) is 0 Å². The average molecular weight is 326 g/mol. The topological polar surface area (TPSA) is 72.5 Å². The second-order valence-electron chi connectivity index (χ2n) is 4.53. The predicted octanol–water partition coefficient (Wildman–Crippen LogP) is 4.56. The summed E-state index contributed by atoms with van der Waals surface area (Å²) >= 11 is 11.8. The van der Waals surface area contributed by atoms with E-state index in [2.05, 4.69) is 0 Å². The molecule has 0 saturated carbocycles. The van der Waals surface area contributed by atoms with Gasteiger partial charge in [0.05, 0.1) is 16.6 Å². The smallest absolute Gasteiger partial charge is 0.310 e. The number of hydrogen-bond donors (Lipinski definition) is 2. The molecule has 0 heterocycles. The monoisotopic (exact) mass is 325 g/mol. The molecule has 0 aliphatic rings. The minimum absolute atomic E-state index is 0.339. The summed E-state index contributed by atoms with van der Waals surface area (Å²) in [5, 5.41) is 9.86. The number of nitrogens with two attached hydrogens (primary N) is 1. The highest BCUT2D eigenvalue weighted by Gasteiger charge is 2.15. The fraction of sp³-hybridized carbons (Fsp3) is 0.133. The van der Waals surface area contributed by atoms with E-state index < -0.39 is 11.9 Å². The zero-order valence-electron chi connectivity index (χ0n) is 11.1. The van der Waals surface area contributed by atoms with Crippen LogP contribution in [0.25, 0.3) is 0 Å². The van der Waals surface area contributed by atoms with E-state index in [4.69, 9.17) is 38.8 Å². The van der Waals surface area contributed by atoms with Crippen molar-refractivity contribution in [3.8, 4) is 11.5 Å². The molecule has 1 atom stereocenters. The van der Waals surface area contributed by atoms with Gasteiger partial charge in [-0.3, -0.25) is 4.79 Å². The zero-order chi connectivity index (χ0) is 15.6. The first-order valence-electron chi connectivity index (χ1n) is 6.13. The summed E-state index contributed by atoms with van der Waals surface area (Å²) in [6, 6.07) is 9.72. The van der Waals surface area contributed by atoms with Crippen molar-refractivity contribution in [1.29, 1.82) is 0 Å². The number of anilines is 1. The van der Waals surface area contributed by atoms with E-state index in [1.165, 1.54) is 0 Å². The van der Waals surface area contributed by atoms with Crippen LogP contribution < -0.4 is 10.5 Å². The molecular weight excluding hydrogens is 313 g/mol. The van der Waals surface area contributed by atoms with Gasteiger partial charge >= 0.3 is 5.97 Å². The number of carbonyl (C=O) groups is 1. The van der Waals surface area contributed by atoms with Crippen LogP contribution in [0, 0.1) is 0 Å². The van der Waals surface area contributed by atoms with Crippen molar-refractivity contribution in [1.82, 2.24) is 0 Å². The van der Waals surface area contributed by atoms with Crippen molar-refractivity contribution < 1.29 is 14.6 Å². The highest BCUT2D eigenvalue weighted by Crippen LogP contribution is 2.35. The molecule has 0 aliphatic heterocycles. The Labute approximate surface area is 132 Å². The quantitative estimate of drug-likeness (QED) is 0.808. The van der Waals surface area contributed by atoms with Crippen molar-refractivity contribution in [2.45, 2.75) is 12.8 Å². The Hall–Kier alpha value is -1.91. The molecule has 0 spiro atoms. The molecule has 2 rings (SSSR count). The van der Waals surface area contributed by atoms with Crippen molar-refractivity contribution in [2.75, 3.05) is 5.73 Å². The lowest BCUT2D eigenvalue weighted by molar-refractivity contribution is -0.138. The van der Waals surface area contributed by atoms with Crippen molar-refractivity contribution in [3.05, 3.63) is 52.0 Å². The van der Waals surface area contributed by atoms with Gasteiger partial charge in [-0.05, 0) is 42.8 Å². The Morgan fingerprint density at radius 3 is 2.43 bits per heavy atom. The third-order valence-corrected chi connectivity index (χ3v) is 3.55. The van der Waals surface area contributed by atoms with E-state index in [0.717, 1.165) is 0 Å². The fourth-order valence-electron chi connectivity index (χ4n) is 1.75. The Balaban J connectivity index is 2.27. The van der Waals surface area contributed by atoms with E-state index in [1.807, 2.05) is 0 Å². The van der Waals surface area contributed by atoms with E-state index >= 15 is 0 Å². The van der Waals surface area contributed by atoms with Crippen LogP contribution >= 0.6 is 23.2 Å². The third kappa shape index (κ3) is 3.60. The molecule has 3 N–H and O–H groups in total. The van der Waals surface area contributed by atoms with E-state index in [9.17, 15) is 4.79 Å². The van der Waals surface area contributed by atoms with Crippen LogP contribution in [0.5, 0.6) is 11.5 Å². The number of carboxylic acids is 1. The molecule has 0 bridgehead atoms. The number of carboxylic acid groups (broad SMARTS) is 1. The Bertz CT molecular complexity index is 689. The summed E-state index contributed by atoms with van der Waals surface area (Å²) in [4.78, 5) is 11.0. The van der Waals surface area contributed by atoms with Gasteiger partial charge in [-0.2, -0.15) is 0 Å². The number of nitrogen functional groups attached to an aromatic ring is 1. The normalized spacial score (nSPS) is 12.0. The number of rotatable bonds is 4. The van der Waals surface area contributed by atoms with E-state index in [-0.39, 0.29) is 0 Å². The zero-order valence-corrected chi connectivity index (χ0v) is 12.7. The Morgan fingerprint density at radius 2 is 1.86 bits per heavy atom. The molecule has 0 amide bonds. The van der Waals surface area contributed by atoms with E-state index in [0.29, 0.717) is 32.8 Å². The predicted molar refractivity (Wildman–Crippen MR) is 83.4 cm³/mol. The van der Waals surface area contributed by atoms with Crippen LogP contribution in [0.2, 0.25) is 10.0 Å². The lowest BCUT2D eigenvalue weighted by Gasteiger charge is -2.13. The summed E-state index contributed by atoms with van der Waals surface area (Å²) in [6.45, 7) is 1.59. The molecule has 0 saturated heterocycles. The SMILES string of the molecule is CC(C(=O)O)c1ccc(Oc2ccc(Cl)cc2Cl)c(N)c1. The molecule has 2 aromatic carbocycles. The van der Waals surface area contributed by atoms with Crippen LogP contribution in [-0.4, -0.2) is 11.1 Å². The largest absolute Gasteiger partial charge is 0.481 e. The summed E-state index contributed by atoms with van der Waals surface area (Å²) < 4.78 is 5.63. The molecular formula is C15H13Cl2NO3. The standard InChI is InChI=1S/C15H13Cl2NO3/c1-8(15(19)20)9-2-4-14(12(18)6-9)21-13-5-3-10(16)7-11(13)17/h2-8H,18H2,1H3,(H,19,20). The van der Waals surface area contributed by atoms with Gasteiger partial charge in [-0.1, -0.05) is 29.3 Å². The van der Waals surface area contributed by atoms with Gasteiger partial charge in [0.25, 0.3) is 0 Å². The highest BCUT2D eigenvalue weighted by atomic mass is 35.5. The Morgan fingerprint density at radius 1 is 1.19 bits per heavy atom. The molecule has 0 fully saturated rings. The summed E-state index contributed by atoms with van der Waals surface area (Å²) in [5.74, 6) is -0.725. The summed E-state index contributed by atoms with van der Waals surface area (Å²) in [6.07, 6.45) is 0. The summed E-state index contributed by atoms with van der Waals surface area (Å²) in [5.41, 5.74) is 6.85. The second-order valence-corrected chi connectivity index (χ2v) is 5.38. The maximum Gasteiger partial charge on any atom is 0.310 e. The first-order chi connectivity index (χ1) is 9.88. The van der Waals surface area contributed by atoms with Crippen LogP contribution in [0.1, 0.15) is 18.4 Å². The molecule has 2 aromatic rings. The molecule has 21 heavy (non-hydrogen) atoms. The molecule has 4 nitrogen and oxygen atoms in total. The first-order valence-corrected chi connectivity index (χ1v) is 6.89. The van der Waals surface area contributed by atoms with Gasteiger partial charge in [-0.25, -0.2) is 0 Å². The second kappa shape index (κ2) is 6.24. The van der Waals surface area contributed by atoms with Crippen molar-refractivity contribution >= 4 is 34.9 Å². The van der Waals surface area contributed by atoms with Crippen LogP contribution in [0.3, 0.4) is 0 Å². The maximum absolute atomic E-state index is 11.0. The molecule has 0 radical (unpaired) electrons. The molecule has 0 aromatic heterocycles. The van der Waals surface area contributed by atoms with Crippen molar-refractivity contribution in [2.24, 2.45) is 0 Å². The minimum atomic E-state index is -0.913. The fourth-order valence-corrected chi connectivity index (χ4v) is 2.20. The van der Waals surface area contributed by atoms with Crippen LogP contribution in [0.4, 0.5) is 5.69 Å².